The van der Waals surface area contributed by atoms with Gasteiger partial charge in [-0.3, -0.25) is 14.9 Å². The Morgan fingerprint density at radius 2 is 1.86 bits per heavy atom. The summed E-state index contributed by atoms with van der Waals surface area (Å²) in [7, 11) is 0. The van der Waals surface area contributed by atoms with E-state index in [1.165, 1.54) is 0 Å². The number of fused-ring (bicyclic) bond motifs is 1. The van der Waals surface area contributed by atoms with Gasteiger partial charge in [-0.25, -0.2) is 0 Å². The standard InChI is InChI=1S/C18H15F3N2O5S/c19-18(20,21)13-8-11(23(25)26)2-4-14(13)22-17(24)10-29-12-3-5-15-16(9-12)28-7-1-6-27-15/h2-5,8-9H,1,6-7,10H2,(H,22,24). The van der Waals surface area contributed by atoms with Crippen molar-refractivity contribution >= 4 is 29.0 Å². The molecule has 2 aromatic rings. The van der Waals surface area contributed by atoms with Crippen molar-refractivity contribution in [2.24, 2.45) is 0 Å². The summed E-state index contributed by atoms with van der Waals surface area (Å²) in [4.78, 5) is 22.6. The summed E-state index contributed by atoms with van der Waals surface area (Å²) >= 11 is 1.11. The van der Waals surface area contributed by atoms with Crippen molar-refractivity contribution in [1.29, 1.82) is 0 Å². The smallest absolute Gasteiger partial charge is 0.418 e. The van der Waals surface area contributed by atoms with Gasteiger partial charge < -0.3 is 14.8 Å². The lowest BCUT2D eigenvalue weighted by Gasteiger charge is -2.14. The Bertz CT molecular complexity index is 936. The average molecular weight is 428 g/mol. The zero-order valence-corrected chi connectivity index (χ0v) is 15.6. The second kappa shape index (κ2) is 8.60. The second-order valence-corrected chi connectivity index (χ2v) is 7.03. The number of anilines is 1. The number of thioether (sulfide) groups is 1. The van der Waals surface area contributed by atoms with E-state index in [0.717, 1.165) is 30.3 Å². The van der Waals surface area contributed by atoms with Crippen molar-refractivity contribution < 1.29 is 32.4 Å². The molecular formula is C18H15F3N2O5S. The Balaban J connectivity index is 1.68. The van der Waals surface area contributed by atoms with Gasteiger partial charge in [0.05, 0.1) is 35.1 Å². The first-order valence-corrected chi connectivity index (χ1v) is 9.40. The number of rotatable bonds is 5. The summed E-state index contributed by atoms with van der Waals surface area (Å²) in [6.07, 6.45) is -4.10. The Kier molecular flexibility index (Phi) is 6.16. The van der Waals surface area contributed by atoms with Gasteiger partial charge in [0.25, 0.3) is 5.69 Å². The highest BCUT2D eigenvalue weighted by atomic mass is 32.2. The minimum Gasteiger partial charge on any atom is -0.490 e. The van der Waals surface area contributed by atoms with Gasteiger partial charge in [-0.1, -0.05) is 0 Å². The maximum absolute atomic E-state index is 13.2. The number of carbonyl (C=O) groups excluding carboxylic acids is 1. The van der Waals surface area contributed by atoms with Gasteiger partial charge in [0, 0.05) is 23.4 Å². The van der Waals surface area contributed by atoms with Crippen LogP contribution in [0, 0.1) is 10.1 Å². The fourth-order valence-electron chi connectivity index (χ4n) is 2.56. The van der Waals surface area contributed by atoms with Crippen molar-refractivity contribution in [3.63, 3.8) is 0 Å². The fraction of sp³-hybridized carbons (Fsp3) is 0.278. The predicted octanol–water partition coefficient (Wildman–Crippen LogP) is 4.51. The molecule has 0 radical (unpaired) electrons. The van der Waals surface area contributed by atoms with E-state index in [-0.39, 0.29) is 5.75 Å². The molecule has 0 saturated heterocycles. The number of nitro benzene ring substituents is 1. The predicted molar refractivity (Wildman–Crippen MR) is 99.5 cm³/mol. The van der Waals surface area contributed by atoms with Crippen LogP contribution in [-0.4, -0.2) is 29.8 Å². The van der Waals surface area contributed by atoms with Gasteiger partial charge in [-0.15, -0.1) is 11.8 Å². The molecule has 11 heteroatoms. The van der Waals surface area contributed by atoms with Gasteiger partial charge in [0.1, 0.15) is 0 Å². The molecule has 2 aromatic carbocycles. The molecule has 3 rings (SSSR count). The van der Waals surface area contributed by atoms with Gasteiger partial charge in [-0.05, 0) is 24.3 Å². The van der Waals surface area contributed by atoms with E-state index in [0.29, 0.717) is 35.7 Å². The van der Waals surface area contributed by atoms with Crippen LogP contribution in [0.2, 0.25) is 0 Å². The zero-order chi connectivity index (χ0) is 21.0. The highest BCUT2D eigenvalue weighted by Crippen LogP contribution is 2.37. The summed E-state index contributed by atoms with van der Waals surface area (Å²) in [5.74, 6) is 0.301. The molecule has 0 atom stereocenters. The number of ether oxygens (including phenoxy) is 2. The molecule has 1 amide bonds. The van der Waals surface area contributed by atoms with Crippen LogP contribution in [-0.2, 0) is 11.0 Å². The third kappa shape index (κ3) is 5.31. The van der Waals surface area contributed by atoms with Gasteiger partial charge in [0.2, 0.25) is 5.91 Å². The summed E-state index contributed by atoms with van der Waals surface area (Å²) in [6, 6.07) is 7.30. The van der Waals surface area contributed by atoms with E-state index < -0.39 is 33.9 Å². The first-order chi connectivity index (χ1) is 13.7. The summed E-state index contributed by atoms with van der Waals surface area (Å²) in [6.45, 7) is 1.04. The number of nitrogens with zero attached hydrogens (tertiary/aromatic N) is 1. The van der Waals surface area contributed by atoms with Crippen molar-refractivity contribution in [2.75, 3.05) is 24.3 Å². The lowest BCUT2D eigenvalue weighted by molar-refractivity contribution is -0.385. The number of nitrogens with one attached hydrogen (secondary N) is 1. The van der Waals surface area contributed by atoms with E-state index in [1.54, 1.807) is 18.2 Å². The number of halogens is 3. The topological polar surface area (TPSA) is 90.7 Å². The molecule has 1 aliphatic heterocycles. The van der Waals surface area contributed by atoms with E-state index in [4.69, 9.17) is 9.47 Å². The molecule has 0 bridgehead atoms. The number of nitro groups is 1. The third-order valence-electron chi connectivity index (χ3n) is 3.88. The Labute approximate surface area is 167 Å². The number of hydrogen-bond donors (Lipinski definition) is 1. The van der Waals surface area contributed by atoms with Gasteiger partial charge in [-0.2, -0.15) is 13.2 Å². The van der Waals surface area contributed by atoms with Crippen LogP contribution in [0.25, 0.3) is 0 Å². The van der Waals surface area contributed by atoms with Crippen LogP contribution >= 0.6 is 11.8 Å². The van der Waals surface area contributed by atoms with E-state index in [1.807, 2.05) is 0 Å². The highest BCUT2D eigenvalue weighted by Gasteiger charge is 2.35. The van der Waals surface area contributed by atoms with Crippen molar-refractivity contribution in [1.82, 2.24) is 0 Å². The normalized spacial score (nSPS) is 13.5. The van der Waals surface area contributed by atoms with Crippen molar-refractivity contribution in [3.05, 3.63) is 52.1 Å². The number of alkyl halides is 3. The zero-order valence-electron chi connectivity index (χ0n) is 14.8. The fourth-order valence-corrected chi connectivity index (χ4v) is 3.28. The molecule has 0 aromatic heterocycles. The van der Waals surface area contributed by atoms with Crippen LogP contribution in [0.4, 0.5) is 24.5 Å². The molecule has 0 unspecified atom stereocenters. The molecule has 1 heterocycles. The SMILES string of the molecule is O=C(CSc1ccc2c(c1)OCCCO2)Nc1ccc([N+](=O)[O-])cc1C(F)(F)F. The van der Waals surface area contributed by atoms with Crippen LogP contribution in [0.3, 0.4) is 0 Å². The number of non-ortho nitro benzene ring substituents is 1. The number of amides is 1. The van der Waals surface area contributed by atoms with E-state index in [9.17, 15) is 28.1 Å². The summed E-state index contributed by atoms with van der Waals surface area (Å²) in [5, 5.41) is 12.9. The van der Waals surface area contributed by atoms with Crippen LogP contribution in [0.15, 0.2) is 41.3 Å². The first kappa shape index (κ1) is 20.8. The van der Waals surface area contributed by atoms with E-state index in [2.05, 4.69) is 5.32 Å². The molecule has 1 aliphatic rings. The van der Waals surface area contributed by atoms with Gasteiger partial charge >= 0.3 is 6.18 Å². The molecule has 29 heavy (non-hydrogen) atoms. The van der Waals surface area contributed by atoms with Crippen molar-refractivity contribution in [2.45, 2.75) is 17.5 Å². The molecule has 154 valence electrons. The monoisotopic (exact) mass is 428 g/mol. The molecule has 1 N–H and O–H groups in total. The summed E-state index contributed by atoms with van der Waals surface area (Å²) in [5.41, 5.74) is -2.52. The quantitative estimate of drug-likeness (QED) is 0.428. The second-order valence-electron chi connectivity index (χ2n) is 5.98. The lowest BCUT2D eigenvalue weighted by Crippen LogP contribution is -2.18. The Morgan fingerprint density at radius 1 is 1.14 bits per heavy atom. The molecule has 0 spiro atoms. The van der Waals surface area contributed by atoms with E-state index >= 15 is 0 Å². The number of benzene rings is 2. The maximum atomic E-state index is 13.2. The molecule has 7 nitrogen and oxygen atoms in total. The maximum Gasteiger partial charge on any atom is 0.418 e. The average Bonchev–Trinajstić information content (AvgIpc) is 2.90. The lowest BCUT2D eigenvalue weighted by atomic mass is 10.1. The van der Waals surface area contributed by atoms with Crippen LogP contribution < -0.4 is 14.8 Å². The molecular weight excluding hydrogens is 413 g/mol. The molecule has 0 aliphatic carbocycles. The summed E-state index contributed by atoms with van der Waals surface area (Å²) < 4.78 is 50.6. The van der Waals surface area contributed by atoms with Crippen LogP contribution in [0.5, 0.6) is 11.5 Å². The number of hydrogen-bond acceptors (Lipinski definition) is 6. The first-order valence-electron chi connectivity index (χ1n) is 8.42. The number of carbonyl (C=O) groups is 1. The minimum absolute atomic E-state index is 0.159. The molecule has 0 fully saturated rings. The van der Waals surface area contributed by atoms with Crippen molar-refractivity contribution in [3.8, 4) is 11.5 Å². The Morgan fingerprint density at radius 3 is 2.55 bits per heavy atom. The third-order valence-corrected chi connectivity index (χ3v) is 4.88. The van der Waals surface area contributed by atoms with Crippen LogP contribution in [0.1, 0.15) is 12.0 Å². The minimum atomic E-state index is -4.85. The largest absolute Gasteiger partial charge is 0.490 e. The Hall–Kier alpha value is -2.95. The highest BCUT2D eigenvalue weighted by molar-refractivity contribution is 8.00. The molecule has 0 saturated carbocycles. The van der Waals surface area contributed by atoms with Gasteiger partial charge in [0.15, 0.2) is 11.5 Å².